The van der Waals surface area contributed by atoms with Gasteiger partial charge in [-0.15, -0.1) is 0 Å². The number of carbonyl (C=O) groups excluding carboxylic acids is 2. The highest BCUT2D eigenvalue weighted by Gasteiger charge is 2.32. The maximum absolute atomic E-state index is 13.2. The second kappa shape index (κ2) is 10.8. The molecule has 0 saturated heterocycles. The molecule has 6 nitrogen and oxygen atoms in total. The topological polar surface area (TPSA) is 67.2 Å². The maximum Gasteiger partial charge on any atom is 0.416 e. The summed E-state index contributed by atoms with van der Waals surface area (Å²) in [5, 5.41) is 7.56. The zero-order valence-electron chi connectivity index (χ0n) is 22.0. The van der Waals surface area contributed by atoms with Crippen molar-refractivity contribution in [2.75, 3.05) is 18.4 Å². The summed E-state index contributed by atoms with van der Waals surface area (Å²) >= 11 is 0. The number of amides is 2. The third kappa shape index (κ3) is 7.21. The third-order valence-electron chi connectivity index (χ3n) is 5.64. The Morgan fingerprint density at radius 1 is 1.03 bits per heavy atom. The fourth-order valence-corrected chi connectivity index (χ4v) is 3.82. The zero-order chi connectivity index (χ0) is 27.5. The Morgan fingerprint density at radius 2 is 1.70 bits per heavy atom. The van der Waals surface area contributed by atoms with E-state index in [1.807, 2.05) is 65.8 Å². The SMILES string of the molecule is Cc1cccc(-n2nc(C(C)(C)C)cc2NC(=O)CN(CC(C)C)C(=O)c2cccc(C(F)(F)F)c2)c1. The van der Waals surface area contributed by atoms with Crippen LogP contribution in [0.3, 0.4) is 0 Å². The average molecular weight is 515 g/mol. The lowest BCUT2D eigenvalue weighted by Gasteiger charge is -2.24. The van der Waals surface area contributed by atoms with Crippen LogP contribution in [0.4, 0.5) is 19.0 Å². The van der Waals surface area contributed by atoms with E-state index in [0.29, 0.717) is 5.82 Å². The molecule has 0 bridgehead atoms. The molecule has 0 aliphatic heterocycles. The highest BCUT2D eigenvalue weighted by molar-refractivity contribution is 5.99. The minimum absolute atomic E-state index is 0.00661. The highest BCUT2D eigenvalue weighted by Crippen LogP contribution is 2.30. The number of halogens is 3. The summed E-state index contributed by atoms with van der Waals surface area (Å²) in [6.07, 6.45) is -4.57. The molecule has 2 amide bonds. The van der Waals surface area contributed by atoms with Crippen molar-refractivity contribution in [3.63, 3.8) is 0 Å². The van der Waals surface area contributed by atoms with Gasteiger partial charge in [0.1, 0.15) is 12.4 Å². The number of aromatic nitrogens is 2. The van der Waals surface area contributed by atoms with Gasteiger partial charge in [0.2, 0.25) is 5.91 Å². The minimum Gasteiger partial charge on any atom is -0.329 e. The number of nitrogens with zero attached hydrogens (tertiary/aromatic N) is 3. The lowest BCUT2D eigenvalue weighted by Crippen LogP contribution is -2.40. The molecular weight excluding hydrogens is 481 g/mol. The fourth-order valence-electron chi connectivity index (χ4n) is 3.82. The summed E-state index contributed by atoms with van der Waals surface area (Å²) in [7, 11) is 0. The largest absolute Gasteiger partial charge is 0.416 e. The van der Waals surface area contributed by atoms with E-state index in [1.54, 1.807) is 10.7 Å². The number of hydrogen-bond acceptors (Lipinski definition) is 3. The zero-order valence-corrected chi connectivity index (χ0v) is 22.0. The number of hydrogen-bond donors (Lipinski definition) is 1. The second-order valence-electron chi connectivity index (χ2n) is 10.6. The number of anilines is 1. The Kier molecular flexibility index (Phi) is 8.15. The minimum atomic E-state index is -4.57. The Labute approximate surface area is 215 Å². The van der Waals surface area contributed by atoms with Crippen molar-refractivity contribution in [2.24, 2.45) is 5.92 Å². The van der Waals surface area contributed by atoms with Gasteiger partial charge in [0.25, 0.3) is 5.91 Å². The van der Waals surface area contributed by atoms with E-state index in [1.165, 1.54) is 17.0 Å². The van der Waals surface area contributed by atoms with Crippen LogP contribution in [0.15, 0.2) is 54.6 Å². The van der Waals surface area contributed by atoms with Gasteiger partial charge in [-0.3, -0.25) is 9.59 Å². The second-order valence-corrected chi connectivity index (χ2v) is 10.6. The highest BCUT2D eigenvalue weighted by atomic mass is 19.4. The molecule has 2 aromatic carbocycles. The molecule has 0 spiro atoms. The Hall–Kier alpha value is -3.62. The molecule has 198 valence electrons. The van der Waals surface area contributed by atoms with Crippen LogP contribution in [0.1, 0.15) is 61.8 Å². The van der Waals surface area contributed by atoms with Crippen LogP contribution in [0.25, 0.3) is 5.69 Å². The summed E-state index contributed by atoms with van der Waals surface area (Å²) in [5.41, 5.74) is 1.25. The van der Waals surface area contributed by atoms with Crippen LogP contribution in [0.2, 0.25) is 0 Å². The molecule has 0 unspecified atom stereocenters. The Morgan fingerprint density at radius 3 is 2.30 bits per heavy atom. The van der Waals surface area contributed by atoms with Crippen molar-refractivity contribution >= 4 is 17.6 Å². The van der Waals surface area contributed by atoms with E-state index in [4.69, 9.17) is 5.10 Å². The smallest absolute Gasteiger partial charge is 0.329 e. The monoisotopic (exact) mass is 514 g/mol. The van der Waals surface area contributed by atoms with Gasteiger partial charge in [0.15, 0.2) is 0 Å². The van der Waals surface area contributed by atoms with Gasteiger partial charge in [0.05, 0.1) is 16.9 Å². The van der Waals surface area contributed by atoms with E-state index < -0.39 is 23.6 Å². The van der Waals surface area contributed by atoms with Gasteiger partial charge < -0.3 is 10.2 Å². The van der Waals surface area contributed by atoms with Gasteiger partial charge in [-0.25, -0.2) is 4.68 Å². The molecule has 1 aromatic heterocycles. The summed E-state index contributed by atoms with van der Waals surface area (Å²) in [6.45, 7) is 11.6. The molecule has 9 heteroatoms. The van der Waals surface area contributed by atoms with Crippen molar-refractivity contribution in [1.82, 2.24) is 14.7 Å². The molecule has 0 aliphatic rings. The third-order valence-corrected chi connectivity index (χ3v) is 5.64. The van der Waals surface area contributed by atoms with Crippen LogP contribution in [-0.2, 0) is 16.4 Å². The molecule has 0 fully saturated rings. The van der Waals surface area contributed by atoms with Crippen molar-refractivity contribution in [3.8, 4) is 5.69 Å². The summed E-state index contributed by atoms with van der Waals surface area (Å²) < 4.78 is 41.2. The van der Waals surface area contributed by atoms with Crippen molar-refractivity contribution in [1.29, 1.82) is 0 Å². The predicted molar refractivity (Wildman–Crippen MR) is 138 cm³/mol. The molecule has 0 atom stereocenters. The van der Waals surface area contributed by atoms with Crippen LogP contribution < -0.4 is 5.32 Å². The maximum atomic E-state index is 13.2. The van der Waals surface area contributed by atoms with Crippen LogP contribution in [0, 0.1) is 12.8 Å². The molecule has 37 heavy (non-hydrogen) atoms. The van der Waals surface area contributed by atoms with Gasteiger partial charge in [-0.05, 0) is 48.7 Å². The standard InChI is InChI=1S/C28H33F3N4O2/c1-18(2)16-34(26(37)20-10-8-11-21(14-20)28(29,30)31)17-25(36)32-24-15-23(27(4,5)6)33-35(24)22-12-7-9-19(3)13-22/h7-15,18H,16-17H2,1-6H3,(H,32,36). The van der Waals surface area contributed by atoms with E-state index in [2.05, 4.69) is 5.32 Å². The summed E-state index contributed by atoms with van der Waals surface area (Å²) in [4.78, 5) is 27.6. The van der Waals surface area contributed by atoms with E-state index >= 15 is 0 Å². The first kappa shape index (κ1) is 28.0. The molecule has 0 radical (unpaired) electrons. The number of aryl methyl sites for hydroxylation is 1. The number of benzene rings is 2. The van der Waals surface area contributed by atoms with Crippen LogP contribution in [0.5, 0.6) is 0 Å². The fraction of sp³-hybridized carbons (Fsp3) is 0.393. The van der Waals surface area contributed by atoms with Crippen molar-refractivity contribution in [2.45, 2.75) is 53.1 Å². The number of carbonyl (C=O) groups is 2. The lowest BCUT2D eigenvalue weighted by molar-refractivity contribution is -0.137. The number of rotatable bonds is 7. The molecule has 0 aliphatic carbocycles. The van der Waals surface area contributed by atoms with Crippen LogP contribution in [-0.4, -0.2) is 39.6 Å². The Balaban J connectivity index is 1.89. The summed E-state index contributed by atoms with van der Waals surface area (Å²) in [5.74, 6) is -0.683. The first-order valence-electron chi connectivity index (χ1n) is 12.1. The number of nitrogens with one attached hydrogen (secondary N) is 1. The molecule has 3 rings (SSSR count). The molecule has 1 heterocycles. The molecule has 3 aromatic rings. The quantitative estimate of drug-likeness (QED) is 0.406. The van der Waals surface area contributed by atoms with E-state index in [9.17, 15) is 22.8 Å². The van der Waals surface area contributed by atoms with Gasteiger partial charge in [0, 0.05) is 23.6 Å². The molecule has 0 saturated carbocycles. The number of alkyl halides is 3. The average Bonchev–Trinajstić information content (AvgIpc) is 3.21. The van der Waals surface area contributed by atoms with Crippen LogP contribution >= 0.6 is 0 Å². The summed E-state index contributed by atoms with van der Waals surface area (Å²) in [6, 6.07) is 13.7. The van der Waals surface area contributed by atoms with E-state index in [0.717, 1.165) is 29.1 Å². The molecular formula is C28H33F3N4O2. The van der Waals surface area contributed by atoms with Gasteiger partial charge >= 0.3 is 6.18 Å². The van der Waals surface area contributed by atoms with E-state index in [-0.39, 0.29) is 30.0 Å². The van der Waals surface area contributed by atoms with Crippen molar-refractivity contribution in [3.05, 3.63) is 77.0 Å². The lowest BCUT2D eigenvalue weighted by atomic mass is 9.92. The van der Waals surface area contributed by atoms with Gasteiger partial charge in [-0.1, -0.05) is 52.8 Å². The normalized spacial score (nSPS) is 12.1. The Bertz CT molecular complexity index is 1270. The molecule has 1 N–H and O–H groups in total. The first-order valence-corrected chi connectivity index (χ1v) is 12.1. The van der Waals surface area contributed by atoms with Gasteiger partial charge in [-0.2, -0.15) is 18.3 Å². The predicted octanol–water partition coefficient (Wildman–Crippen LogP) is 6.23. The first-order chi connectivity index (χ1) is 17.1. The van der Waals surface area contributed by atoms with Crippen molar-refractivity contribution < 1.29 is 22.8 Å².